The van der Waals surface area contributed by atoms with Crippen LogP contribution in [-0.2, 0) is 4.74 Å². The van der Waals surface area contributed by atoms with Crippen LogP contribution in [0.25, 0.3) is 10.4 Å². The average molecular weight is 453 g/mol. The zero-order chi connectivity index (χ0) is 21.9. The van der Waals surface area contributed by atoms with Gasteiger partial charge in [-0.3, -0.25) is 4.79 Å². The smallest absolute Gasteiger partial charge is 0.264 e. The van der Waals surface area contributed by atoms with Gasteiger partial charge in [-0.2, -0.15) is 0 Å². The maximum absolute atomic E-state index is 12.9. The molecule has 3 aliphatic rings. The molecule has 4 heterocycles. The van der Waals surface area contributed by atoms with Gasteiger partial charge in [0, 0.05) is 37.7 Å². The Morgan fingerprint density at radius 1 is 1.00 bits per heavy atom. The molecule has 5 heteroatoms. The molecule has 0 spiro atoms. The highest BCUT2D eigenvalue weighted by Crippen LogP contribution is 2.35. The molecule has 0 aliphatic carbocycles. The minimum Gasteiger partial charge on any atom is -0.381 e. The van der Waals surface area contributed by atoms with Crippen molar-refractivity contribution < 1.29 is 9.53 Å². The molecule has 32 heavy (non-hydrogen) atoms. The molecule has 1 aromatic carbocycles. The maximum Gasteiger partial charge on any atom is 0.264 e. The summed E-state index contributed by atoms with van der Waals surface area (Å²) in [6.45, 7) is 9.49. The van der Waals surface area contributed by atoms with Gasteiger partial charge in [-0.25, -0.2) is 0 Å². The molecule has 0 bridgehead atoms. The van der Waals surface area contributed by atoms with Crippen molar-refractivity contribution in [1.82, 2.24) is 9.80 Å². The lowest BCUT2D eigenvalue weighted by Crippen LogP contribution is -2.38. The van der Waals surface area contributed by atoms with Gasteiger partial charge in [-0.1, -0.05) is 24.3 Å². The van der Waals surface area contributed by atoms with Gasteiger partial charge < -0.3 is 14.5 Å². The SMILES string of the molecule is Cc1cc(-c2ccc(C3CCN(CC4CCOCC4)CC3)cc2)sc1C(=O)N1CCCC1. The second-order valence-electron chi connectivity index (χ2n) is 9.87. The third-order valence-corrected chi connectivity index (χ3v) is 8.89. The summed E-state index contributed by atoms with van der Waals surface area (Å²) < 4.78 is 5.51. The quantitative estimate of drug-likeness (QED) is 0.595. The minimum atomic E-state index is 0.223. The van der Waals surface area contributed by atoms with E-state index in [0.29, 0.717) is 5.92 Å². The Morgan fingerprint density at radius 3 is 2.38 bits per heavy atom. The predicted octanol–water partition coefficient (Wildman–Crippen LogP) is 5.57. The fraction of sp³-hybridized carbons (Fsp3) is 0.593. The lowest BCUT2D eigenvalue weighted by molar-refractivity contribution is 0.0488. The normalized spacial score (nSPS) is 21.3. The Bertz CT molecular complexity index is 902. The van der Waals surface area contributed by atoms with Crippen molar-refractivity contribution in [2.24, 2.45) is 5.92 Å². The van der Waals surface area contributed by atoms with Crippen molar-refractivity contribution in [2.45, 2.75) is 51.4 Å². The van der Waals surface area contributed by atoms with Crippen LogP contribution in [0.2, 0.25) is 0 Å². The number of hydrogen-bond donors (Lipinski definition) is 0. The third kappa shape index (κ3) is 4.95. The molecule has 0 radical (unpaired) electrons. The molecule has 2 aromatic rings. The molecule has 4 nitrogen and oxygen atoms in total. The molecular formula is C27H36N2O2S. The van der Waals surface area contributed by atoms with Gasteiger partial charge in [-0.05, 0) is 93.1 Å². The summed E-state index contributed by atoms with van der Waals surface area (Å²) in [6.07, 6.45) is 7.26. The number of ether oxygens (including phenoxy) is 1. The predicted molar refractivity (Wildman–Crippen MR) is 132 cm³/mol. The van der Waals surface area contributed by atoms with Gasteiger partial charge in [-0.15, -0.1) is 11.3 Å². The van der Waals surface area contributed by atoms with Crippen molar-refractivity contribution >= 4 is 17.2 Å². The standard InChI is InChI=1S/C27H36N2O2S/c1-20-18-25(32-26(20)27(30)29-12-2-3-13-29)24-6-4-22(5-7-24)23-8-14-28(15-9-23)19-21-10-16-31-17-11-21/h4-7,18,21,23H,2-3,8-17,19H2,1H3. The van der Waals surface area contributed by atoms with Gasteiger partial charge in [0.25, 0.3) is 5.91 Å². The van der Waals surface area contributed by atoms with Crippen LogP contribution in [0, 0.1) is 12.8 Å². The number of piperidine rings is 1. The second kappa shape index (κ2) is 10.1. The van der Waals surface area contributed by atoms with Crippen LogP contribution in [0.1, 0.15) is 65.2 Å². The lowest BCUT2D eigenvalue weighted by atomic mass is 9.88. The van der Waals surface area contributed by atoms with Crippen molar-refractivity contribution in [3.63, 3.8) is 0 Å². The average Bonchev–Trinajstić information content (AvgIpc) is 3.50. The van der Waals surface area contributed by atoms with E-state index in [2.05, 4.69) is 42.2 Å². The number of rotatable bonds is 5. The maximum atomic E-state index is 12.9. The highest BCUT2D eigenvalue weighted by molar-refractivity contribution is 7.17. The molecule has 5 rings (SSSR count). The Kier molecular flexibility index (Phi) is 6.96. The molecule has 172 valence electrons. The highest BCUT2D eigenvalue weighted by atomic mass is 32.1. The van der Waals surface area contributed by atoms with E-state index in [1.165, 1.54) is 61.3 Å². The number of carbonyl (C=O) groups excluding carboxylic acids is 1. The Hall–Kier alpha value is -1.69. The van der Waals surface area contributed by atoms with E-state index in [0.717, 1.165) is 55.5 Å². The van der Waals surface area contributed by atoms with Crippen molar-refractivity contribution in [3.05, 3.63) is 46.3 Å². The Labute approximate surface area is 196 Å². The summed E-state index contributed by atoms with van der Waals surface area (Å²) in [5.74, 6) is 1.73. The second-order valence-corrected chi connectivity index (χ2v) is 10.9. The lowest BCUT2D eigenvalue weighted by Gasteiger charge is -2.35. The zero-order valence-corrected chi connectivity index (χ0v) is 20.2. The molecule has 3 saturated heterocycles. The van der Waals surface area contributed by atoms with Crippen LogP contribution in [0.5, 0.6) is 0 Å². The molecule has 0 atom stereocenters. The van der Waals surface area contributed by atoms with Crippen LogP contribution in [0.4, 0.5) is 0 Å². The van der Waals surface area contributed by atoms with E-state index in [1.54, 1.807) is 11.3 Å². The van der Waals surface area contributed by atoms with E-state index in [1.807, 2.05) is 4.90 Å². The molecule has 3 fully saturated rings. The number of carbonyl (C=O) groups is 1. The summed E-state index contributed by atoms with van der Waals surface area (Å²) in [4.78, 5) is 19.7. The van der Waals surface area contributed by atoms with Crippen molar-refractivity contribution in [3.8, 4) is 10.4 Å². The Morgan fingerprint density at radius 2 is 1.69 bits per heavy atom. The van der Waals surface area contributed by atoms with Crippen molar-refractivity contribution in [1.29, 1.82) is 0 Å². The van der Waals surface area contributed by atoms with Crippen LogP contribution >= 0.6 is 11.3 Å². The summed E-state index contributed by atoms with van der Waals surface area (Å²) in [5.41, 5.74) is 3.82. The van der Waals surface area contributed by atoms with Gasteiger partial charge >= 0.3 is 0 Å². The van der Waals surface area contributed by atoms with E-state index >= 15 is 0 Å². The zero-order valence-electron chi connectivity index (χ0n) is 19.4. The fourth-order valence-electron chi connectivity index (χ4n) is 5.56. The summed E-state index contributed by atoms with van der Waals surface area (Å²) >= 11 is 1.66. The molecule has 1 aromatic heterocycles. The largest absolute Gasteiger partial charge is 0.381 e. The first-order valence-electron chi connectivity index (χ1n) is 12.5. The monoisotopic (exact) mass is 452 g/mol. The number of amides is 1. The molecule has 0 unspecified atom stereocenters. The third-order valence-electron chi connectivity index (χ3n) is 7.62. The number of thiophene rings is 1. The first kappa shape index (κ1) is 22.1. The molecule has 3 aliphatic heterocycles. The number of nitrogens with zero attached hydrogens (tertiary/aromatic N) is 2. The van der Waals surface area contributed by atoms with E-state index in [9.17, 15) is 4.79 Å². The Balaban J connectivity index is 1.19. The first-order chi connectivity index (χ1) is 15.7. The topological polar surface area (TPSA) is 32.8 Å². The van der Waals surface area contributed by atoms with Crippen LogP contribution in [-0.4, -0.2) is 61.6 Å². The number of likely N-dealkylation sites (tertiary alicyclic amines) is 2. The number of benzene rings is 1. The van der Waals surface area contributed by atoms with E-state index < -0.39 is 0 Å². The molecule has 0 saturated carbocycles. The van der Waals surface area contributed by atoms with Gasteiger partial charge in [0.2, 0.25) is 0 Å². The van der Waals surface area contributed by atoms with Gasteiger partial charge in [0.1, 0.15) is 0 Å². The van der Waals surface area contributed by atoms with Gasteiger partial charge in [0.05, 0.1) is 4.88 Å². The van der Waals surface area contributed by atoms with Crippen LogP contribution in [0.15, 0.2) is 30.3 Å². The highest BCUT2D eigenvalue weighted by Gasteiger charge is 2.25. The van der Waals surface area contributed by atoms with E-state index in [4.69, 9.17) is 4.74 Å². The molecular weight excluding hydrogens is 416 g/mol. The van der Waals surface area contributed by atoms with Gasteiger partial charge in [0.15, 0.2) is 0 Å². The number of aryl methyl sites for hydroxylation is 1. The summed E-state index contributed by atoms with van der Waals surface area (Å²) in [6, 6.07) is 11.4. The first-order valence-corrected chi connectivity index (χ1v) is 13.3. The van der Waals surface area contributed by atoms with Crippen LogP contribution < -0.4 is 0 Å². The van der Waals surface area contributed by atoms with Crippen molar-refractivity contribution in [2.75, 3.05) is 45.9 Å². The number of hydrogen-bond acceptors (Lipinski definition) is 4. The molecule has 0 N–H and O–H groups in total. The molecule has 1 amide bonds. The summed E-state index contributed by atoms with van der Waals surface area (Å²) in [5, 5.41) is 0. The summed E-state index contributed by atoms with van der Waals surface area (Å²) in [7, 11) is 0. The fourth-order valence-corrected chi connectivity index (χ4v) is 6.71. The van der Waals surface area contributed by atoms with E-state index in [-0.39, 0.29) is 5.91 Å². The van der Waals surface area contributed by atoms with Crippen LogP contribution in [0.3, 0.4) is 0 Å². The minimum absolute atomic E-state index is 0.223.